The van der Waals surface area contributed by atoms with Crippen LogP contribution in [0.25, 0.3) is 33.2 Å². The summed E-state index contributed by atoms with van der Waals surface area (Å²) in [5.74, 6) is 0.395. The van der Waals surface area contributed by atoms with Crippen molar-refractivity contribution in [3.05, 3.63) is 85.3 Å². The van der Waals surface area contributed by atoms with Gasteiger partial charge in [-0.2, -0.15) is 5.10 Å². The Hall–Kier alpha value is -4.08. The van der Waals surface area contributed by atoms with Crippen LogP contribution in [0.2, 0.25) is 0 Å². The van der Waals surface area contributed by atoms with Crippen LogP contribution in [-0.2, 0) is 17.1 Å². The van der Waals surface area contributed by atoms with Gasteiger partial charge in [0.2, 0.25) is 16.0 Å². The Morgan fingerprint density at radius 2 is 1.67 bits per heavy atom. The van der Waals surface area contributed by atoms with E-state index in [-0.39, 0.29) is 4.90 Å². The van der Waals surface area contributed by atoms with Crippen molar-refractivity contribution in [2.75, 3.05) is 5.32 Å². The summed E-state index contributed by atoms with van der Waals surface area (Å²) < 4.78 is 24.8. The molecule has 0 radical (unpaired) electrons. The first-order chi connectivity index (χ1) is 15.9. The number of anilines is 2. The predicted octanol–water partition coefficient (Wildman–Crippen LogP) is 4.09. The number of benzene rings is 3. The standard InChI is InChI=1S/C24H20N6O2S/c1-30-15-18(14-27-30)21-12-7-17-13-26-24(28-19-8-10-20(11-9-19)33(25,31)32)29-23(17)22(21)16-5-3-2-4-6-16/h2-15H,1H3,(H2,25,31,32)(H,26,28,29). The third-order valence-corrected chi connectivity index (χ3v) is 6.20. The second-order valence-electron chi connectivity index (χ2n) is 7.58. The maximum absolute atomic E-state index is 11.5. The summed E-state index contributed by atoms with van der Waals surface area (Å²) in [5, 5.41) is 13.5. The number of rotatable bonds is 5. The lowest BCUT2D eigenvalue weighted by Crippen LogP contribution is -2.11. The van der Waals surface area contributed by atoms with Crippen molar-refractivity contribution in [2.24, 2.45) is 12.2 Å². The molecule has 0 spiro atoms. The Balaban J connectivity index is 1.63. The third-order valence-electron chi connectivity index (χ3n) is 5.27. The molecule has 2 heterocycles. The predicted molar refractivity (Wildman–Crippen MR) is 128 cm³/mol. The van der Waals surface area contributed by atoms with Crippen molar-refractivity contribution in [2.45, 2.75) is 4.90 Å². The minimum atomic E-state index is -3.75. The van der Waals surface area contributed by atoms with Crippen LogP contribution in [0.5, 0.6) is 0 Å². The molecule has 0 saturated heterocycles. The number of aryl methyl sites for hydroxylation is 1. The molecule has 33 heavy (non-hydrogen) atoms. The van der Waals surface area contributed by atoms with Crippen LogP contribution < -0.4 is 10.5 Å². The van der Waals surface area contributed by atoms with E-state index in [2.05, 4.69) is 33.6 Å². The van der Waals surface area contributed by atoms with E-state index in [0.717, 1.165) is 33.2 Å². The number of nitrogens with one attached hydrogen (secondary N) is 1. The van der Waals surface area contributed by atoms with Crippen molar-refractivity contribution in [1.29, 1.82) is 0 Å². The molecule has 3 N–H and O–H groups in total. The van der Waals surface area contributed by atoms with Crippen LogP contribution in [-0.4, -0.2) is 28.2 Å². The van der Waals surface area contributed by atoms with E-state index in [9.17, 15) is 8.42 Å². The minimum absolute atomic E-state index is 0.0416. The molecule has 0 atom stereocenters. The molecule has 8 nitrogen and oxygen atoms in total. The monoisotopic (exact) mass is 456 g/mol. The fraction of sp³-hybridized carbons (Fsp3) is 0.0417. The van der Waals surface area contributed by atoms with Crippen LogP contribution in [0.4, 0.5) is 11.6 Å². The Bertz CT molecular complexity index is 1560. The summed E-state index contributed by atoms with van der Waals surface area (Å²) in [6.45, 7) is 0. The summed E-state index contributed by atoms with van der Waals surface area (Å²) in [7, 11) is -1.87. The van der Waals surface area contributed by atoms with Gasteiger partial charge >= 0.3 is 0 Å². The average Bonchev–Trinajstić information content (AvgIpc) is 3.24. The minimum Gasteiger partial charge on any atom is -0.324 e. The van der Waals surface area contributed by atoms with Gasteiger partial charge < -0.3 is 5.32 Å². The van der Waals surface area contributed by atoms with Crippen LogP contribution in [0.3, 0.4) is 0 Å². The third kappa shape index (κ3) is 4.19. The molecule has 2 aromatic heterocycles. The number of nitrogens with two attached hydrogens (primary N) is 1. The molecule has 3 aromatic carbocycles. The largest absolute Gasteiger partial charge is 0.324 e. The number of hydrogen-bond donors (Lipinski definition) is 2. The molecule has 0 aliphatic carbocycles. The molecule has 164 valence electrons. The van der Waals surface area contributed by atoms with E-state index in [0.29, 0.717) is 11.6 Å². The van der Waals surface area contributed by atoms with E-state index < -0.39 is 10.0 Å². The van der Waals surface area contributed by atoms with E-state index in [4.69, 9.17) is 10.1 Å². The van der Waals surface area contributed by atoms with E-state index in [1.807, 2.05) is 43.7 Å². The van der Waals surface area contributed by atoms with Crippen LogP contribution in [0.15, 0.2) is 90.2 Å². The van der Waals surface area contributed by atoms with Crippen LogP contribution in [0, 0.1) is 0 Å². The van der Waals surface area contributed by atoms with Crippen LogP contribution >= 0.6 is 0 Å². The van der Waals surface area contributed by atoms with Crippen molar-refractivity contribution in [3.8, 4) is 22.3 Å². The van der Waals surface area contributed by atoms with Gasteiger partial charge in [0.1, 0.15) is 0 Å². The first kappa shape index (κ1) is 20.8. The second kappa shape index (κ2) is 8.12. The summed E-state index contributed by atoms with van der Waals surface area (Å²) in [6, 6.07) is 20.2. The zero-order valence-corrected chi connectivity index (χ0v) is 18.5. The maximum atomic E-state index is 11.5. The molecule has 0 aliphatic rings. The Labute approximate surface area is 190 Å². The Morgan fingerprint density at radius 3 is 2.33 bits per heavy atom. The van der Waals surface area contributed by atoms with Gasteiger partial charge in [0.05, 0.1) is 16.6 Å². The molecular formula is C24H20N6O2S. The molecule has 0 amide bonds. The molecule has 0 unspecified atom stereocenters. The molecule has 5 rings (SSSR count). The summed E-state index contributed by atoms with van der Waals surface area (Å²) >= 11 is 0. The summed E-state index contributed by atoms with van der Waals surface area (Å²) in [4.78, 5) is 9.29. The Kier molecular flexibility index (Phi) is 5.12. The lowest BCUT2D eigenvalue weighted by Gasteiger charge is -2.13. The molecule has 9 heteroatoms. The summed E-state index contributed by atoms with van der Waals surface area (Å²) in [5.41, 5.74) is 5.46. The number of nitrogens with zero attached hydrogens (tertiary/aromatic N) is 4. The van der Waals surface area contributed by atoms with Gasteiger partial charge in [-0.05, 0) is 35.4 Å². The fourth-order valence-electron chi connectivity index (χ4n) is 3.71. The Morgan fingerprint density at radius 1 is 0.909 bits per heavy atom. The molecule has 0 fully saturated rings. The average molecular weight is 457 g/mol. The molecule has 5 aromatic rings. The smallest absolute Gasteiger partial charge is 0.238 e. The topological polar surface area (TPSA) is 116 Å². The second-order valence-corrected chi connectivity index (χ2v) is 9.14. The first-order valence-corrected chi connectivity index (χ1v) is 11.7. The molecule has 0 bridgehead atoms. The molecule has 0 saturated carbocycles. The van der Waals surface area contributed by atoms with Gasteiger partial charge in [-0.3, -0.25) is 4.68 Å². The van der Waals surface area contributed by atoms with Gasteiger partial charge in [-0.1, -0.05) is 42.5 Å². The van der Waals surface area contributed by atoms with Gasteiger partial charge in [-0.25, -0.2) is 23.5 Å². The number of sulfonamides is 1. The van der Waals surface area contributed by atoms with Gasteiger partial charge in [0.25, 0.3) is 0 Å². The van der Waals surface area contributed by atoms with Gasteiger partial charge in [0, 0.05) is 41.6 Å². The normalized spacial score (nSPS) is 11.6. The molecule has 0 aliphatic heterocycles. The van der Waals surface area contributed by atoms with Crippen molar-refractivity contribution in [3.63, 3.8) is 0 Å². The highest BCUT2D eigenvalue weighted by atomic mass is 32.2. The van der Waals surface area contributed by atoms with Crippen molar-refractivity contribution >= 4 is 32.6 Å². The zero-order valence-electron chi connectivity index (χ0n) is 17.7. The number of fused-ring (bicyclic) bond motifs is 1. The lowest BCUT2D eigenvalue weighted by molar-refractivity contribution is 0.598. The van der Waals surface area contributed by atoms with Crippen molar-refractivity contribution in [1.82, 2.24) is 19.7 Å². The molecular weight excluding hydrogens is 436 g/mol. The van der Waals surface area contributed by atoms with E-state index in [1.165, 1.54) is 12.1 Å². The zero-order chi connectivity index (χ0) is 23.0. The number of aromatic nitrogens is 4. The van der Waals surface area contributed by atoms with Crippen LogP contribution in [0.1, 0.15) is 0 Å². The lowest BCUT2D eigenvalue weighted by atomic mass is 9.94. The first-order valence-electron chi connectivity index (χ1n) is 10.1. The van der Waals surface area contributed by atoms with Crippen molar-refractivity contribution < 1.29 is 8.42 Å². The van der Waals surface area contributed by atoms with E-state index >= 15 is 0 Å². The fourth-order valence-corrected chi connectivity index (χ4v) is 4.23. The summed E-state index contributed by atoms with van der Waals surface area (Å²) in [6.07, 6.45) is 5.57. The highest BCUT2D eigenvalue weighted by Gasteiger charge is 2.15. The van der Waals surface area contributed by atoms with E-state index in [1.54, 1.807) is 23.0 Å². The highest BCUT2D eigenvalue weighted by Crippen LogP contribution is 2.37. The highest BCUT2D eigenvalue weighted by molar-refractivity contribution is 7.89. The maximum Gasteiger partial charge on any atom is 0.238 e. The van der Waals surface area contributed by atoms with Gasteiger partial charge in [0.15, 0.2) is 0 Å². The number of hydrogen-bond acceptors (Lipinski definition) is 6. The van der Waals surface area contributed by atoms with Gasteiger partial charge in [-0.15, -0.1) is 0 Å². The SMILES string of the molecule is Cn1cc(-c2ccc3cnc(Nc4ccc(S(N)(=O)=O)cc4)nc3c2-c2ccccc2)cn1. The quantitative estimate of drug-likeness (QED) is 0.412. The number of primary sulfonamides is 1.